The van der Waals surface area contributed by atoms with E-state index >= 15 is 0 Å². The largest absolute Gasteiger partial charge is 0.497 e. The minimum Gasteiger partial charge on any atom is -0.497 e. The molecule has 1 amide bonds. The molecule has 1 heterocycles. The maximum Gasteiger partial charge on any atom is 0.256 e. The Kier molecular flexibility index (Phi) is 6.27. The Morgan fingerprint density at radius 3 is 2.43 bits per heavy atom. The van der Waals surface area contributed by atoms with Crippen molar-refractivity contribution in [2.24, 2.45) is 0 Å². The van der Waals surface area contributed by atoms with Gasteiger partial charge < -0.3 is 15.4 Å². The van der Waals surface area contributed by atoms with E-state index in [-0.39, 0.29) is 5.91 Å². The summed E-state index contributed by atoms with van der Waals surface area (Å²) < 4.78 is 5.17. The summed E-state index contributed by atoms with van der Waals surface area (Å²) in [6.45, 7) is 4.82. The fraction of sp³-hybridized carbons (Fsp3) is 0.217. The summed E-state index contributed by atoms with van der Waals surface area (Å²) in [6.07, 6.45) is 2.62. The Labute approximate surface area is 165 Å². The Morgan fingerprint density at radius 1 is 1.00 bits per heavy atom. The number of amides is 1. The summed E-state index contributed by atoms with van der Waals surface area (Å²) in [6, 6.07) is 17.4. The molecule has 3 aromatic rings. The van der Waals surface area contributed by atoms with Gasteiger partial charge in [0.05, 0.1) is 19.0 Å². The lowest BCUT2D eigenvalue weighted by atomic mass is 10.1. The molecule has 1 aromatic heterocycles. The van der Waals surface area contributed by atoms with Crippen molar-refractivity contribution < 1.29 is 9.53 Å². The van der Waals surface area contributed by atoms with Crippen molar-refractivity contribution in [2.75, 3.05) is 24.3 Å². The van der Waals surface area contributed by atoms with Gasteiger partial charge in [0.25, 0.3) is 5.91 Å². The van der Waals surface area contributed by atoms with Crippen LogP contribution in [0.5, 0.6) is 5.75 Å². The number of aromatic nitrogens is 1. The van der Waals surface area contributed by atoms with E-state index < -0.39 is 0 Å². The van der Waals surface area contributed by atoms with Gasteiger partial charge in [-0.25, -0.2) is 4.98 Å². The molecule has 0 aliphatic carbocycles. The highest BCUT2D eigenvalue weighted by atomic mass is 16.5. The number of aryl methyl sites for hydroxylation is 2. The Balaban J connectivity index is 1.51. The molecule has 2 aromatic carbocycles. The molecular formula is C23H25N3O2. The van der Waals surface area contributed by atoms with Crippen LogP contribution in [0.3, 0.4) is 0 Å². The van der Waals surface area contributed by atoms with E-state index in [1.54, 1.807) is 19.4 Å². The smallest absolute Gasteiger partial charge is 0.256 e. The molecular weight excluding hydrogens is 350 g/mol. The molecule has 0 aliphatic heterocycles. The van der Waals surface area contributed by atoms with Gasteiger partial charge in [-0.3, -0.25) is 4.79 Å². The topological polar surface area (TPSA) is 63.2 Å². The number of benzene rings is 2. The quantitative estimate of drug-likeness (QED) is 0.633. The first-order valence-electron chi connectivity index (χ1n) is 9.26. The number of hydrogen-bond donors (Lipinski definition) is 2. The first kappa shape index (κ1) is 19.4. The van der Waals surface area contributed by atoms with Crippen LogP contribution in [0.4, 0.5) is 11.5 Å². The van der Waals surface area contributed by atoms with Gasteiger partial charge in [0.2, 0.25) is 0 Å². The lowest BCUT2D eigenvalue weighted by Gasteiger charge is -2.09. The Bertz CT molecular complexity index is 935. The minimum atomic E-state index is -0.157. The molecule has 144 valence electrons. The van der Waals surface area contributed by atoms with E-state index in [4.69, 9.17) is 4.74 Å². The molecule has 0 aliphatic rings. The molecule has 0 spiro atoms. The zero-order chi connectivity index (χ0) is 19.9. The van der Waals surface area contributed by atoms with E-state index in [1.807, 2.05) is 50.2 Å². The Morgan fingerprint density at radius 2 is 1.79 bits per heavy atom. The predicted molar refractivity (Wildman–Crippen MR) is 113 cm³/mol. The summed E-state index contributed by atoms with van der Waals surface area (Å²) in [5.74, 6) is 1.24. The second-order valence-corrected chi connectivity index (χ2v) is 6.71. The summed E-state index contributed by atoms with van der Waals surface area (Å²) in [7, 11) is 1.66. The minimum absolute atomic E-state index is 0.157. The molecule has 5 heteroatoms. The molecule has 5 nitrogen and oxygen atoms in total. The van der Waals surface area contributed by atoms with E-state index in [1.165, 1.54) is 11.1 Å². The normalized spacial score (nSPS) is 10.4. The highest BCUT2D eigenvalue weighted by molar-refractivity contribution is 6.03. The molecule has 0 saturated heterocycles. The summed E-state index contributed by atoms with van der Waals surface area (Å²) in [4.78, 5) is 16.7. The first-order valence-corrected chi connectivity index (χ1v) is 9.26. The number of pyridine rings is 1. The number of methoxy groups -OCH3 is 1. The molecule has 0 fully saturated rings. The highest BCUT2D eigenvalue weighted by Crippen LogP contribution is 2.15. The van der Waals surface area contributed by atoms with E-state index in [2.05, 4.69) is 27.8 Å². The van der Waals surface area contributed by atoms with E-state index in [0.717, 1.165) is 30.0 Å². The highest BCUT2D eigenvalue weighted by Gasteiger charge is 2.08. The van der Waals surface area contributed by atoms with Crippen molar-refractivity contribution in [3.05, 3.63) is 83.0 Å². The van der Waals surface area contributed by atoms with Crippen molar-refractivity contribution in [3.8, 4) is 5.75 Å². The van der Waals surface area contributed by atoms with Gasteiger partial charge in [-0.1, -0.05) is 18.2 Å². The van der Waals surface area contributed by atoms with Crippen molar-refractivity contribution >= 4 is 17.4 Å². The van der Waals surface area contributed by atoms with Gasteiger partial charge >= 0.3 is 0 Å². The number of carbonyl (C=O) groups excluding carboxylic acids is 1. The van der Waals surface area contributed by atoms with Crippen LogP contribution in [0.1, 0.15) is 27.0 Å². The van der Waals surface area contributed by atoms with Crippen LogP contribution in [-0.2, 0) is 6.42 Å². The van der Waals surface area contributed by atoms with Crippen LogP contribution in [0.25, 0.3) is 0 Å². The van der Waals surface area contributed by atoms with E-state index in [9.17, 15) is 4.79 Å². The van der Waals surface area contributed by atoms with E-state index in [0.29, 0.717) is 11.4 Å². The average Bonchev–Trinajstić information content (AvgIpc) is 2.72. The molecule has 0 atom stereocenters. The second kappa shape index (κ2) is 9.04. The third-order valence-electron chi connectivity index (χ3n) is 4.68. The van der Waals surface area contributed by atoms with Gasteiger partial charge in [-0.15, -0.1) is 0 Å². The number of carbonyl (C=O) groups is 1. The third kappa shape index (κ3) is 5.10. The molecule has 0 bridgehead atoms. The fourth-order valence-corrected chi connectivity index (χ4v) is 2.79. The maximum absolute atomic E-state index is 12.4. The van der Waals surface area contributed by atoms with Crippen LogP contribution in [0.15, 0.2) is 60.8 Å². The van der Waals surface area contributed by atoms with Crippen LogP contribution < -0.4 is 15.4 Å². The van der Waals surface area contributed by atoms with Crippen molar-refractivity contribution in [3.63, 3.8) is 0 Å². The number of nitrogens with zero attached hydrogens (tertiary/aromatic N) is 1. The van der Waals surface area contributed by atoms with Crippen molar-refractivity contribution in [1.82, 2.24) is 4.98 Å². The fourth-order valence-electron chi connectivity index (χ4n) is 2.79. The van der Waals surface area contributed by atoms with Crippen LogP contribution in [0, 0.1) is 13.8 Å². The van der Waals surface area contributed by atoms with Gasteiger partial charge in [0.15, 0.2) is 0 Å². The molecule has 0 saturated carbocycles. The summed E-state index contributed by atoms with van der Waals surface area (Å²) in [5, 5.41) is 6.18. The number of rotatable bonds is 7. The molecule has 3 rings (SSSR count). The molecule has 28 heavy (non-hydrogen) atoms. The Hall–Kier alpha value is -3.34. The third-order valence-corrected chi connectivity index (χ3v) is 4.68. The van der Waals surface area contributed by atoms with Gasteiger partial charge in [-0.2, -0.15) is 0 Å². The van der Waals surface area contributed by atoms with Gasteiger partial charge in [0, 0.05) is 12.1 Å². The summed E-state index contributed by atoms with van der Waals surface area (Å²) in [5.41, 5.74) is 5.04. The number of hydrogen-bond acceptors (Lipinski definition) is 4. The number of nitrogens with one attached hydrogen (secondary N) is 2. The van der Waals surface area contributed by atoms with Gasteiger partial charge in [-0.05, 0) is 73.4 Å². The predicted octanol–water partition coefficient (Wildman–Crippen LogP) is 4.61. The zero-order valence-electron chi connectivity index (χ0n) is 16.5. The van der Waals surface area contributed by atoms with Crippen LogP contribution in [0.2, 0.25) is 0 Å². The molecule has 2 N–H and O–H groups in total. The standard InChI is InChI=1S/C23H25N3O2/c1-16-4-7-19(14-17(16)2)23(27)26-22-11-8-20(15-25-22)24-13-12-18-5-9-21(28-3)10-6-18/h4-11,14-15,24H,12-13H2,1-3H3,(H,25,26,27). The van der Waals surface area contributed by atoms with Crippen LogP contribution >= 0.6 is 0 Å². The SMILES string of the molecule is COc1ccc(CCNc2ccc(NC(=O)c3ccc(C)c(C)c3)nc2)cc1. The lowest BCUT2D eigenvalue weighted by Crippen LogP contribution is -2.13. The first-order chi connectivity index (χ1) is 13.5. The lowest BCUT2D eigenvalue weighted by molar-refractivity contribution is 0.102. The second-order valence-electron chi connectivity index (χ2n) is 6.71. The maximum atomic E-state index is 12.4. The monoisotopic (exact) mass is 375 g/mol. The van der Waals surface area contributed by atoms with Crippen molar-refractivity contribution in [1.29, 1.82) is 0 Å². The summed E-state index contributed by atoms with van der Waals surface area (Å²) >= 11 is 0. The number of ether oxygens (including phenoxy) is 1. The van der Waals surface area contributed by atoms with Crippen LogP contribution in [-0.4, -0.2) is 24.5 Å². The zero-order valence-corrected chi connectivity index (χ0v) is 16.5. The number of anilines is 2. The van der Waals surface area contributed by atoms with Gasteiger partial charge in [0.1, 0.15) is 11.6 Å². The van der Waals surface area contributed by atoms with Crippen molar-refractivity contribution in [2.45, 2.75) is 20.3 Å². The molecule has 0 radical (unpaired) electrons. The molecule has 0 unspecified atom stereocenters. The average molecular weight is 375 g/mol.